The summed E-state index contributed by atoms with van der Waals surface area (Å²) in [6, 6.07) is 4.27. The summed E-state index contributed by atoms with van der Waals surface area (Å²) in [5.74, 6) is 1.75. The molecule has 3 N–H and O–H groups in total. The molecule has 2 unspecified atom stereocenters. The lowest BCUT2D eigenvalue weighted by Gasteiger charge is -2.22. The Balaban J connectivity index is 2.18. The minimum atomic E-state index is 0.0897. The second-order valence-corrected chi connectivity index (χ2v) is 4.73. The van der Waals surface area contributed by atoms with Crippen LogP contribution in [0.5, 0.6) is 0 Å². The Morgan fingerprint density at radius 1 is 1.53 bits per heavy atom. The summed E-state index contributed by atoms with van der Waals surface area (Å²) in [5, 5.41) is 11.5. The number of nitrogens with zero attached hydrogens (tertiary/aromatic N) is 3. The summed E-state index contributed by atoms with van der Waals surface area (Å²) in [6.07, 6.45) is 2.84. The summed E-state index contributed by atoms with van der Waals surface area (Å²) >= 11 is 0. The molecule has 2 heterocycles. The topological polar surface area (TPSA) is 74.7 Å². The molecule has 1 fully saturated rings. The molecule has 1 aromatic heterocycles. The number of aromatic nitrogens is 1. The molecule has 0 spiro atoms. The smallest absolute Gasteiger partial charge is 0.171 e. The van der Waals surface area contributed by atoms with E-state index in [1.54, 1.807) is 6.20 Å². The number of nitrogens with two attached hydrogens (primary N) is 1. The first-order chi connectivity index (χ1) is 8.11. The van der Waals surface area contributed by atoms with Gasteiger partial charge in [0.25, 0.3) is 0 Å². The summed E-state index contributed by atoms with van der Waals surface area (Å²) in [6.45, 7) is 5.50. The molecule has 0 radical (unpaired) electrons. The van der Waals surface area contributed by atoms with Crippen LogP contribution in [-0.2, 0) is 0 Å². The number of oxime groups is 1. The Kier molecular flexibility index (Phi) is 3.17. The molecule has 0 amide bonds. The minimum absolute atomic E-state index is 0.0897. The van der Waals surface area contributed by atoms with E-state index in [1.165, 1.54) is 6.42 Å². The van der Waals surface area contributed by atoms with E-state index in [0.717, 1.165) is 12.4 Å². The Bertz CT molecular complexity index is 415. The maximum absolute atomic E-state index is 8.57. The first-order valence-electron chi connectivity index (χ1n) is 5.82. The molecule has 1 aliphatic rings. The summed E-state index contributed by atoms with van der Waals surface area (Å²) in [5.41, 5.74) is 6.13. The number of amidine groups is 1. The van der Waals surface area contributed by atoms with Crippen molar-refractivity contribution in [1.82, 2.24) is 4.98 Å². The predicted octanol–water partition coefficient (Wildman–Crippen LogP) is 1.41. The Hall–Kier alpha value is -1.78. The average molecular weight is 234 g/mol. The fraction of sp³-hybridized carbons (Fsp3) is 0.500. The number of pyridine rings is 1. The van der Waals surface area contributed by atoms with Crippen molar-refractivity contribution >= 4 is 11.7 Å². The fourth-order valence-electron chi connectivity index (χ4n) is 2.38. The lowest BCUT2D eigenvalue weighted by Crippen LogP contribution is -2.27. The van der Waals surface area contributed by atoms with Gasteiger partial charge >= 0.3 is 0 Å². The van der Waals surface area contributed by atoms with Crippen molar-refractivity contribution in [2.24, 2.45) is 16.8 Å². The van der Waals surface area contributed by atoms with E-state index in [2.05, 4.69) is 28.9 Å². The van der Waals surface area contributed by atoms with Gasteiger partial charge in [0.2, 0.25) is 0 Å². The van der Waals surface area contributed by atoms with Gasteiger partial charge in [-0.05, 0) is 31.4 Å². The number of hydrogen-bond donors (Lipinski definition) is 2. The molecule has 2 rings (SSSR count). The second-order valence-electron chi connectivity index (χ2n) is 4.73. The Labute approximate surface area is 101 Å². The highest BCUT2D eigenvalue weighted by Gasteiger charge is 2.26. The highest BCUT2D eigenvalue weighted by Crippen LogP contribution is 2.27. The molecule has 92 valence electrons. The Morgan fingerprint density at radius 2 is 2.29 bits per heavy atom. The quantitative estimate of drug-likeness (QED) is 0.351. The third-order valence-electron chi connectivity index (χ3n) is 3.23. The maximum Gasteiger partial charge on any atom is 0.171 e. The van der Waals surface area contributed by atoms with Crippen LogP contribution in [0.15, 0.2) is 23.5 Å². The van der Waals surface area contributed by atoms with Gasteiger partial charge in [0.1, 0.15) is 5.82 Å². The van der Waals surface area contributed by atoms with Crippen LogP contribution in [-0.4, -0.2) is 28.6 Å². The lowest BCUT2D eigenvalue weighted by atomic mass is 10.1. The predicted molar refractivity (Wildman–Crippen MR) is 67.3 cm³/mol. The fourth-order valence-corrected chi connectivity index (χ4v) is 2.38. The average Bonchev–Trinajstić information content (AvgIpc) is 2.68. The highest BCUT2D eigenvalue weighted by atomic mass is 16.4. The molecule has 2 atom stereocenters. The summed E-state index contributed by atoms with van der Waals surface area (Å²) in [7, 11) is 0. The van der Waals surface area contributed by atoms with Crippen LogP contribution in [0, 0.1) is 5.92 Å². The zero-order chi connectivity index (χ0) is 12.4. The van der Waals surface area contributed by atoms with Crippen molar-refractivity contribution in [1.29, 1.82) is 0 Å². The molecular formula is C12H18N4O. The van der Waals surface area contributed by atoms with Crippen LogP contribution in [0.4, 0.5) is 5.82 Å². The van der Waals surface area contributed by atoms with Crippen molar-refractivity contribution in [2.45, 2.75) is 26.3 Å². The van der Waals surface area contributed by atoms with E-state index in [-0.39, 0.29) is 5.84 Å². The van der Waals surface area contributed by atoms with E-state index in [9.17, 15) is 0 Å². The molecule has 5 heteroatoms. The first kappa shape index (κ1) is 11.7. The molecule has 5 nitrogen and oxygen atoms in total. The van der Waals surface area contributed by atoms with Gasteiger partial charge in [-0.15, -0.1) is 0 Å². The van der Waals surface area contributed by atoms with Crippen molar-refractivity contribution in [3.8, 4) is 0 Å². The van der Waals surface area contributed by atoms with Crippen LogP contribution in [0.3, 0.4) is 0 Å². The van der Waals surface area contributed by atoms with Gasteiger partial charge in [0.05, 0.1) is 0 Å². The normalized spacial score (nSPS) is 25.3. The molecule has 17 heavy (non-hydrogen) atoms. The number of hydrogen-bond acceptors (Lipinski definition) is 4. The van der Waals surface area contributed by atoms with E-state index >= 15 is 0 Å². The van der Waals surface area contributed by atoms with Gasteiger partial charge < -0.3 is 15.8 Å². The highest BCUT2D eigenvalue weighted by molar-refractivity contribution is 5.96. The molecule has 1 aliphatic heterocycles. The molecule has 0 aliphatic carbocycles. The van der Waals surface area contributed by atoms with E-state index in [0.29, 0.717) is 17.5 Å². The van der Waals surface area contributed by atoms with Crippen molar-refractivity contribution in [3.63, 3.8) is 0 Å². The molecular weight excluding hydrogens is 216 g/mol. The van der Waals surface area contributed by atoms with Crippen molar-refractivity contribution in [2.75, 3.05) is 11.4 Å². The zero-order valence-electron chi connectivity index (χ0n) is 10.2. The number of anilines is 1. The van der Waals surface area contributed by atoms with Crippen molar-refractivity contribution < 1.29 is 5.21 Å². The summed E-state index contributed by atoms with van der Waals surface area (Å²) < 4.78 is 0. The van der Waals surface area contributed by atoms with E-state index in [1.807, 2.05) is 12.1 Å². The maximum atomic E-state index is 8.57. The van der Waals surface area contributed by atoms with Gasteiger partial charge in [-0.1, -0.05) is 12.1 Å². The molecule has 0 saturated carbocycles. The molecule has 0 bridgehead atoms. The van der Waals surface area contributed by atoms with Crippen LogP contribution in [0.2, 0.25) is 0 Å². The van der Waals surface area contributed by atoms with Gasteiger partial charge in [-0.25, -0.2) is 4.98 Å². The molecule has 1 saturated heterocycles. The van der Waals surface area contributed by atoms with Crippen LogP contribution >= 0.6 is 0 Å². The Morgan fingerprint density at radius 3 is 2.76 bits per heavy atom. The number of rotatable bonds is 2. The summed E-state index contributed by atoms with van der Waals surface area (Å²) in [4.78, 5) is 6.66. The van der Waals surface area contributed by atoms with Gasteiger partial charge in [0, 0.05) is 24.3 Å². The monoisotopic (exact) mass is 234 g/mol. The third-order valence-corrected chi connectivity index (χ3v) is 3.23. The standard InChI is InChI=1S/C12H18N4O/c1-8-5-9(2)16(7-8)11-4-3-10(6-14-11)12(13)15-17/h3-4,6,8-9,17H,5,7H2,1-2H3,(H2,13,15). The van der Waals surface area contributed by atoms with Crippen LogP contribution < -0.4 is 10.6 Å². The van der Waals surface area contributed by atoms with Gasteiger partial charge in [-0.3, -0.25) is 0 Å². The van der Waals surface area contributed by atoms with Gasteiger partial charge in [0.15, 0.2) is 5.84 Å². The second kappa shape index (κ2) is 4.61. The minimum Gasteiger partial charge on any atom is -0.409 e. The molecule has 0 aromatic carbocycles. The van der Waals surface area contributed by atoms with Crippen molar-refractivity contribution in [3.05, 3.63) is 23.9 Å². The van der Waals surface area contributed by atoms with E-state index in [4.69, 9.17) is 10.9 Å². The largest absolute Gasteiger partial charge is 0.409 e. The third kappa shape index (κ3) is 2.33. The van der Waals surface area contributed by atoms with Gasteiger partial charge in [-0.2, -0.15) is 0 Å². The SMILES string of the molecule is CC1CC(C)N(c2ccc(/C(N)=N/O)cn2)C1. The first-order valence-corrected chi connectivity index (χ1v) is 5.82. The lowest BCUT2D eigenvalue weighted by molar-refractivity contribution is 0.318. The molecule has 1 aromatic rings. The van der Waals surface area contributed by atoms with Crippen LogP contribution in [0.25, 0.3) is 0 Å². The van der Waals surface area contributed by atoms with E-state index < -0.39 is 0 Å². The van der Waals surface area contributed by atoms with Crippen LogP contribution in [0.1, 0.15) is 25.8 Å². The zero-order valence-corrected chi connectivity index (χ0v) is 10.2.